The lowest BCUT2D eigenvalue weighted by Crippen LogP contribution is -2.32. The molecule has 0 bridgehead atoms. The molecule has 20 heavy (non-hydrogen) atoms. The average molecular weight is 292 g/mol. The normalized spacial score (nSPS) is 22.9. The van der Waals surface area contributed by atoms with Gasteiger partial charge in [-0.1, -0.05) is 11.6 Å². The zero-order valence-electron chi connectivity index (χ0n) is 11.2. The first kappa shape index (κ1) is 13.5. The molecule has 1 saturated carbocycles. The highest BCUT2D eigenvalue weighted by Gasteiger charge is 2.19. The van der Waals surface area contributed by atoms with E-state index in [2.05, 4.69) is 10.3 Å². The fourth-order valence-corrected chi connectivity index (χ4v) is 3.02. The Hall–Kier alpha value is -1.52. The highest BCUT2D eigenvalue weighted by Crippen LogP contribution is 2.29. The first-order valence-electron chi connectivity index (χ1n) is 6.96. The predicted octanol–water partition coefficient (Wildman–Crippen LogP) is 2.86. The summed E-state index contributed by atoms with van der Waals surface area (Å²) < 4.78 is 0. The fourth-order valence-electron chi connectivity index (χ4n) is 2.80. The first-order valence-corrected chi connectivity index (χ1v) is 7.34. The molecule has 0 aliphatic heterocycles. The van der Waals surface area contributed by atoms with Crippen LogP contribution in [0.3, 0.4) is 0 Å². The SMILES string of the molecule is NC1CCC(Nc2cc3cc[nH]c(=O)c3cc2Cl)CC1. The van der Waals surface area contributed by atoms with Crippen LogP contribution in [0.2, 0.25) is 5.02 Å². The molecular formula is C15H18ClN3O. The standard InChI is InChI=1S/C15H18ClN3O/c16-13-8-12-9(5-6-18-15(12)20)7-14(13)19-11-3-1-10(17)2-4-11/h5-8,10-11,19H,1-4,17H2,(H,18,20). The Labute approximate surface area is 122 Å². The lowest BCUT2D eigenvalue weighted by Gasteiger charge is -2.28. The molecule has 1 fully saturated rings. The van der Waals surface area contributed by atoms with Gasteiger partial charge in [-0.3, -0.25) is 4.79 Å². The Morgan fingerprint density at radius 3 is 2.75 bits per heavy atom. The van der Waals surface area contributed by atoms with Crippen LogP contribution in [-0.2, 0) is 0 Å². The Kier molecular flexibility index (Phi) is 3.68. The lowest BCUT2D eigenvalue weighted by molar-refractivity contribution is 0.411. The number of fused-ring (bicyclic) bond motifs is 1. The molecule has 3 rings (SSSR count). The van der Waals surface area contributed by atoms with Crippen LogP contribution in [0.5, 0.6) is 0 Å². The molecule has 5 heteroatoms. The molecule has 1 aromatic heterocycles. The molecule has 4 nitrogen and oxygen atoms in total. The molecule has 0 amide bonds. The number of nitrogens with two attached hydrogens (primary N) is 1. The summed E-state index contributed by atoms with van der Waals surface area (Å²) in [7, 11) is 0. The van der Waals surface area contributed by atoms with Crippen molar-refractivity contribution >= 4 is 28.1 Å². The van der Waals surface area contributed by atoms with Gasteiger partial charge in [0.15, 0.2) is 0 Å². The quantitative estimate of drug-likeness (QED) is 0.797. The molecule has 1 heterocycles. The van der Waals surface area contributed by atoms with Crippen LogP contribution in [0, 0.1) is 0 Å². The summed E-state index contributed by atoms with van der Waals surface area (Å²) in [6.07, 6.45) is 5.86. The smallest absolute Gasteiger partial charge is 0.255 e. The van der Waals surface area contributed by atoms with E-state index in [-0.39, 0.29) is 5.56 Å². The number of pyridine rings is 1. The van der Waals surface area contributed by atoms with Crippen molar-refractivity contribution in [3.63, 3.8) is 0 Å². The molecule has 2 aromatic rings. The molecule has 1 aliphatic carbocycles. The molecule has 0 radical (unpaired) electrons. The Bertz CT molecular complexity index is 674. The van der Waals surface area contributed by atoms with Gasteiger partial charge < -0.3 is 16.0 Å². The van der Waals surface area contributed by atoms with E-state index in [1.54, 1.807) is 12.3 Å². The number of H-pyrrole nitrogens is 1. The number of anilines is 1. The third-order valence-corrected chi connectivity index (χ3v) is 4.31. The molecule has 0 spiro atoms. The molecule has 1 aliphatic rings. The summed E-state index contributed by atoms with van der Waals surface area (Å²) in [5.74, 6) is 0. The van der Waals surface area contributed by atoms with Crippen molar-refractivity contribution in [2.75, 3.05) is 5.32 Å². The van der Waals surface area contributed by atoms with Gasteiger partial charge in [-0.15, -0.1) is 0 Å². The van der Waals surface area contributed by atoms with Crippen molar-refractivity contribution in [3.8, 4) is 0 Å². The summed E-state index contributed by atoms with van der Waals surface area (Å²) in [4.78, 5) is 14.4. The topological polar surface area (TPSA) is 70.9 Å². The summed E-state index contributed by atoms with van der Waals surface area (Å²) in [5, 5.41) is 5.58. The van der Waals surface area contributed by atoms with Gasteiger partial charge >= 0.3 is 0 Å². The average Bonchev–Trinajstić information content (AvgIpc) is 2.43. The van der Waals surface area contributed by atoms with E-state index in [1.165, 1.54) is 0 Å². The van der Waals surface area contributed by atoms with Gasteiger partial charge in [0.05, 0.1) is 10.7 Å². The van der Waals surface area contributed by atoms with Crippen LogP contribution in [0.4, 0.5) is 5.69 Å². The number of hydrogen-bond acceptors (Lipinski definition) is 3. The monoisotopic (exact) mass is 291 g/mol. The van der Waals surface area contributed by atoms with Gasteiger partial charge in [-0.25, -0.2) is 0 Å². The molecule has 0 saturated heterocycles. The Balaban J connectivity index is 1.88. The van der Waals surface area contributed by atoms with Gasteiger partial charge in [0.25, 0.3) is 5.56 Å². The number of nitrogens with one attached hydrogen (secondary N) is 2. The van der Waals surface area contributed by atoms with Crippen molar-refractivity contribution in [1.29, 1.82) is 0 Å². The second kappa shape index (κ2) is 5.46. The zero-order chi connectivity index (χ0) is 14.1. The second-order valence-electron chi connectivity index (χ2n) is 5.48. The van der Waals surface area contributed by atoms with Crippen LogP contribution in [0.25, 0.3) is 10.8 Å². The van der Waals surface area contributed by atoms with E-state index in [0.29, 0.717) is 22.5 Å². The molecule has 106 valence electrons. The third-order valence-electron chi connectivity index (χ3n) is 3.99. The summed E-state index contributed by atoms with van der Waals surface area (Å²) >= 11 is 6.28. The van der Waals surface area contributed by atoms with E-state index in [9.17, 15) is 4.79 Å². The minimum absolute atomic E-state index is 0.111. The minimum atomic E-state index is -0.111. The van der Waals surface area contributed by atoms with E-state index in [4.69, 9.17) is 17.3 Å². The van der Waals surface area contributed by atoms with Gasteiger partial charge in [0.1, 0.15) is 0 Å². The van der Waals surface area contributed by atoms with E-state index in [0.717, 1.165) is 36.8 Å². The number of hydrogen-bond donors (Lipinski definition) is 3. The Morgan fingerprint density at radius 2 is 2.00 bits per heavy atom. The highest BCUT2D eigenvalue weighted by atomic mass is 35.5. The van der Waals surface area contributed by atoms with E-state index < -0.39 is 0 Å². The van der Waals surface area contributed by atoms with E-state index >= 15 is 0 Å². The van der Waals surface area contributed by atoms with Crippen molar-refractivity contribution in [2.45, 2.75) is 37.8 Å². The maximum absolute atomic E-state index is 11.7. The number of benzene rings is 1. The summed E-state index contributed by atoms with van der Waals surface area (Å²) in [6, 6.07) is 6.30. The predicted molar refractivity (Wildman–Crippen MR) is 83.4 cm³/mol. The van der Waals surface area contributed by atoms with Gasteiger partial charge in [-0.05, 0) is 49.3 Å². The molecule has 4 N–H and O–H groups in total. The van der Waals surface area contributed by atoms with Crippen LogP contribution in [0.1, 0.15) is 25.7 Å². The van der Waals surface area contributed by atoms with Crippen LogP contribution in [0.15, 0.2) is 29.2 Å². The first-order chi connectivity index (χ1) is 9.63. The lowest BCUT2D eigenvalue weighted by atomic mass is 9.91. The number of halogens is 1. The van der Waals surface area contributed by atoms with Gasteiger partial charge in [0, 0.05) is 23.7 Å². The van der Waals surface area contributed by atoms with Crippen molar-refractivity contribution in [1.82, 2.24) is 4.98 Å². The molecule has 0 atom stereocenters. The fraction of sp³-hybridized carbons (Fsp3) is 0.400. The number of aromatic amines is 1. The van der Waals surface area contributed by atoms with Crippen LogP contribution >= 0.6 is 11.6 Å². The maximum Gasteiger partial charge on any atom is 0.255 e. The van der Waals surface area contributed by atoms with Crippen molar-refractivity contribution in [3.05, 3.63) is 39.8 Å². The van der Waals surface area contributed by atoms with Crippen LogP contribution < -0.4 is 16.6 Å². The van der Waals surface area contributed by atoms with Gasteiger partial charge in [0.2, 0.25) is 0 Å². The zero-order valence-corrected chi connectivity index (χ0v) is 11.9. The molecular weight excluding hydrogens is 274 g/mol. The highest BCUT2D eigenvalue weighted by molar-refractivity contribution is 6.34. The van der Waals surface area contributed by atoms with Crippen LogP contribution in [-0.4, -0.2) is 17.1 Å². The summed E-state index contributed by atoms with van der Waals surface area (Å²) in [6.45, 7) is 0. The number of rotatable bonds is 2. The number of aromatic nitrogens is 1. The summed E-state index contributed by atoms with van der Waals surface area (Å²) in [5.41, 5.74) is 6.70. The van der Waals surface area contributed by atoms with Gasteiger partial charge in [-0.2, -0.15) is 0 Å². The maximum atomic E-state index is 11.7. The third kappa shape index (κ3) is 2.67. The molecule has 0 unspecified atom stereocenters. The van der Waals surface area contributed by atoms with Crippen molar-refractivity contribution in [2.24, 2.45) is 5.73 Å². The Morgan fingerprint density at radius 1 is 1.25 bits per heavy atom. The molecule has 1 aromatic carbocycles. The minimum Gasteiger partial charge on any atom is -0.381 e. The van der Waals surface area contributed by atoms with E-state index in [1.807, 2.05) is 12.1 Å². The van der Waals surface area contributed by atoms with Crippen molar-refractivity contribution < 1.29 is 0 Å². The largest absolute Gasteiger partial charge is 0.381 e. The second-order valence-corrected chi connectivity index (χ2v) is 5.89.